The molecule has 1 fully saturated rings. The zero-order valence-corrected chi connectivity index (χ0v) is 19.5. The van der Waals surface area contributed by atoms with Crippen LogP contribution in [0.25, 0.3) is 10.9 Å². The lowest BCUT2D eigenvalue weighted by atomic mass is 9.74. The van der Waals surface area contributed by atoms with Crippen molar-refractivity contribution in [1.82, 2.24) is 15.6 Å². The fraction of sp³-hybridized carbons (Fsp3) is 0.370. The summed E-state index contributed by atoms with van der Waals surface area (Å²) < 4.78 is 18.8. The number of amides is 2. The molecule has 2 amide bonds. The fourth-order valence-electron chi connectivity index (χ4n) is 5.20. The highest BCUT2D eigenvalue weighted by molar-refractivity contribution is 5.93. The lowest BCUT2D eigenvalue weighted by molar-refractivity contribution is -0.134. The number of para-hydroxylation sites is 1. The van der Waals surface area contributed by atoms with Crippen molar-refractivity contribution in [2.45, 2.75) is 37.8 Å². The van der Waals surface area contributed by atoms with Gasteiger partial charge in [-0.1, -0.05) is 30.3 Å². The second-order valence-corrected chi connectivity index (χ2v) is 9.40. The normalized spacial score (nSPS) is 21.7. The average molecular weight is 478 g/mol. The molecule has 182 valence electrons. The molecule has 1 aliphatic carbocycles. The van der Waals surface area contributed by atoms with E-state index in [1.54, 1.807) is 19.2 Å². The summed E-state index contributed by atoms with van der Waals surface area (Å²) in [5, 5.41) is 6.69. The van der Waals surface area contributed by atoms with Gasteiger partial charge in [-0.15, -0.1) is 0 Å². The van der Waals surface area contributed by atoms with E-state index in [1.165, 1.54) is 12.1 Å². The Hall–Kier alpha value is -3.52. The largest absolute Gasteiger partial charge is 0.363 e. The van der Waals surface area contributed by atoms with E-state index < -0.39 is 24.0 Å². The number of hydrogen-bond donors (Lipinski definition) is 3. The van der Waals surface area contributed by atoms with Crippen LogP contribution in [0.1, 0.15) is 23.2 Å². The van der Waals surface area contributed by atoms with Crippen molar-refractivity contribution in [2.24, 2.45) is 11.8 Å². The van der Waals surface area contributed by atoms with E-state index in [4.69, 9.17) is 4.74 Å². The molecule has 2 aliphatic rings. The molecule has 1 aromatic heterocycles. The third kappa shape index (κ3) is 4.98. The predicted molar refractivity (Wildman–Crippen MR) is 128 cm³/mol. The maximum absolute atomic E-state index is 13.8. The van der Waals surface area contributed by atoms with E-state index in [2.05, 4.69) is 15.6 Å². The van der Waals surface area contributed by atoms with Crippen molar-refractivity contribution in [3.05, 3.63) is 71.2 Å². The lowest BCUT2D eigenvalue weighted by Crippen LogP contribution is -2.45. The first-order valence-corrected chi connectivity index (χ1v) is 11.9. The number of hydrogen-bond acceptors (Lipinski definition) is 4. The molecule has 8 heteroatoms. The van der Waals surface area contributed by atoms with Gasteiger partial charge in [-0.2, -0.15) is 0 Å². The minimum absolute atomic E-state index is 0.0443. The third-order valence-electron chi connectivity index (χ3n) is 7.02. The number of Topliss-reactive ketones (excluding diaryl/α,β-unsaturated/α-hetero) is 1. The maximum Gasteiger partial charge on any atom is 0.251 e. The highest BCUT2D eigenvalue weighted by atomic mass is 19.1. The number of fused-ring (bicyclic) bond motifs is 3. The summed E-state index contributed by atoms with van der Waals surface area (Å²) in [6.45, 7) is 0.358. The summed E-state index contributed by atoms with van der Waals surface area (Å²) in [7, 11) is 1.58. The van der Waals surface area contributed by atoms with Gasteiger partial charge in [-0.05, 0) is 48.6 Å². The van der Waals surface area contributed by atoms with E-state index in [0.717, 1.165) is 22.2 Å². The van der Waals surface area contributed by atoms with Gasteiger partial charge in [0.25, 0.3) is 5.91 Å². The van der Waals surface area contributed by atoms with E-state index in [-0.39, 0.29) is 29.8 Å². The van der Waals surface area contributed by atoms with Crippen LogP contribution in [-0.2, 0) is 38.4 Å². The van der Waals surface area contributed by atoms with Crippen LogP contribution in [0, 0.1) is 17.7 Å². The number of benzene rings is 2. The smallest absolute Gasteiger partial charge is 0.251 e. The number of rotatable bonds is 8. The van der Waals surface area contributed by atoms with Crippen molar-refractivity contribution >= 4 is 28.5 Å². The number of halogens is 1. The van der Waals surface area contributed by atoms with Gasteiger partial charge < -0.3 is 20.4 Å². The Morgan fingerprint density at radius 3 is 2.63 bits per heavy atom. The summed E-state index contributed by atoms with van der Waals surface area (Å²) in [6, 6.07) is 13.5. The Balaban J connectivity index is 1.39. The number of ketones is 1. The first-order chi connectivity index (χ1) is 16.9. The molecule has 0 bridgehead atoms. The number of carbonyl (C=O) groups excluding carboxylic acids is 3. The molecule has 35 heavy (non-hydrogen) atoms. The Bertz CT molecular complexity index is 1280. The zero-order chi connectivity index (χ0) is 24.5. The summed E-state index contributed by atoms with van der Waals surface area (Å²) in [6.07, 6.45) is 0.737. The molecule has 3 N–H and O–H groups in total. The van der Waals surface area contributed by atoms with Crippen molar-refractivity contribution in [3.8, 4) is 0 Å². The molecule has 0 spiro atoms. The quantitative estimate of drug-likeness (QED) is 0.434. The van der Waals surface area contributed by atoms with Crippen molar-refractivity contribution in [1.29, 1.82) is 0 Å². The van der Waals surface area contributed by atoms with Gasteiger partial charge >= 0.3 is 0 Å². The van der Waals surface area contributed by atoms with Gasteiger partial charge in [0.15, 0.2) is 6.10 Å². The standard InChI is InChI=1S/C27H28FN3O4/c1-29-26(33)21-12-19-18-7-2-3-8-22(18)31-23(19)13-20(21)24(32)11-17(30-27(34)25-14-35-25)10-15-5-4-6-16(28)9-15/h2-9,17,20-21,25,31H,10-14H2,1H3,(H,29,33)(H,30,34)/t17-,20?,21+,25?/m1/s1. The van der Waals surface area contributed by atoms with Gasteiger partial charge in [0, 0.05) is 42.0 Å². The van der Waals surface area contributed by atoms with Crippen molar-refractivity contribution in [2.75, 3.05) is 13.7 Å². The number of nitrogens with one attached hydrogen (secondary N) is 3. The van der Waals surface area contributed by atoms with E-state index in [9.17, 15) is 18.8 Å². The monoisotopic (exact) mass is 477 g/mol. The van der Waals surface area contributed by atoms with Gasteiger partial charge in [0.2, 0.25) is 5.91 Å². The molecule has 2 aromatic carbocycles. The Labute approximate surface area is 202 Å². The second-order valence-electron chi connectivity index (χ2n) is 9.40. The SMILES string of the molecule is CNC(=O)[C@H]1Cc2c([nH]c3ccccc23)CC1C(=O)C[C@@H](Cc1cccc(F)c1)NC(=O)C1CO1. The van der Waals surface area contributed by atoms with Gasteiger partial charge in [-0.3, -0.25) is 14.4 Å². The molecule has 0 radical (unpaired) electrons. The van der Waals surface area contributed by atoms with E-state index in [0.29, 0.717) is 31.4 Å². The molecule has 5 rings (SSSR count). The third-order valence-corrected chi connectivity index (χ3v) is 7.02. The molecule has 1 aliphatic heterocycles. The van der Waals surface area contributed by atoms with Crippen LogP contribution in [0.4, 0.5) is 4.39 Å². The number of H-pyrrole nitrogens is 1. The summed E-state index contributed by atoms with van der Waals surface area (Å²) >= 11 is 0. The number of aromatic nitrogens is 1. The number of epoxide rings is 1. The molecule has 7 nitrogen and oxygen atoms in total. The first kappa shape index (κ1) is 23.2. The lowest BCUT2D eigenvalue weighted by Gasteiger charge is -2.31. The minimum Gasteiger partial charge on any atom is -0.363 e. The number of carbonyl (C=O) groups is 3. The van der Waals surface area contributed by atoms with Crippen LogP contribution < -0.4 is 10.6 Å². The molecular formula is C27H28FN3O4. The first-order valence-electron chi connectivity index (χ1n) is 11.9. The van der Waals surface area contributed by atoms with Crippen LogP contribution in [0.2, 0.25) is 0 Å². The summed E-state index contributed by atoms with van der Waals surface area (Å²) in [5.41, 5.74) is 3.72. The predicted octanol–water partition coefficient (Wildman–Crippen LogP) is 2.47. The summed E-state index contributed by atoms with van der Waals surface area (Å²) in [5.74, 6) is -1.94. The van der Waals surface area contributed by atoms with Crippen LogP contribution in [0.3, 0.4) is 0 Å². The zero-order valence-electron chi connectivity index (χ0n) is 19.5. The topological polar surface area (TPSA) is 104 Å². The van der Waals surface area contributed by atoms with Crippen LogP contribution in [-0.4, -0.2) is 48.4 Å². The average Bonchev–Trinajstić information content (AvgIpc) is 3.64. The molecule has 1 saturated heterocycles. The second kappa shape index (κ2) is 9.62. The van der Waals surface area contributed by atoms with Crippen molar-refractivity contribution < 1.29 is 23.5 Å². The molecular weight excluding hydrogens is 449 g/mol. The highest BCUT2D eigenvalue weighted by Crippen LogP contribution is 2.36. The Kier molecular flexibility index (Phi) is 6.38. The van der Waals surface area contributed by atoms with Crippen LogP contribution in [0.5, 0.6) is 0 Å². The van der Waals surface area contributed by atoms with Crippen LogP contribution >= 0.6 is 0 Å². The van der Waals surface area contributed by atoms with E-state index >= 15 is 0 Å². The Morgan fingerprint density at radius 2 is 1.89 bits per heavy atom. The molecule has 0 saturated carbocycles. The maximum atomic E-state index is 13.8. The fourth-order valence-corrected chi connectivity index (χ4v) is 5.20. The van der Waals surface area contributed by atoms with Gasteiger partial charge in [-0.25, -0.2) is 4.39 Å². The number of ether oxygens (including phenoxy) is 1. The van der Waals surface area contributed by atoms with Crippen molar-refractivity contribution in [3.63, 3.8) is 0 Å². The Morgan fingerprint density at radius 1 is 1.09 bits per heavy atom. The van der Waals surface area contributed by atoms with Gasteiger partial charge in [0.05, 0.1) is 12.5 Å². The molecule has 2 unspecified atom stereocenters. The number of aromatic amines is 1. The van der Waals surface area contributed by atoms with Crippen LogP contribution in [0.15, 0.2) is 48.5 Å². The van der Waals surface area contributed by atoms with Gasteiger partial charge in [0.1, 0.15) is 11.6 Å². The summed E-state index contributed by atoms with van der Waals surface area (Å²) in [4.78, 5) is 42.3. The van der Waals surface area contributed by atoms with E-state index in [1.807, 2.05) is 24.3 Å². The molecule has 4 atom stereocenters. The minimum atomic E-state index is -0.532. The molecule has 3 aromatic rings. The highest BCUT2D eigenvalue weighted by Gasteiger charge is 2.40. The molecule has 2 heterocycles.